The molecule has 0 radical (unpaired) electrons. The Labute approximate surface area is 189 Å². The molecule has 1 aliphatic rings. The Bertz CT molecular complexity index is 937. The fourth-order valence-corrected chi connectivity index (χ4v) is 4.59. The number of nitriles is 1. The number of aliphatic carboxylic acids is 1. The molecule has 168 valence electrons. The second-order valence-electron chi connectivity index (χ2n) is 8.42. The SMILES string of the molecule is N#Cc1cccc(COC[C@@H]2C(c3ccccc3)C[C@H](F)[C@H]2C/C=C\CCCC(=O)O)c1. The fourth-order valence-electron chi connectivity index (χ4n) is 4.59. The van der Waals surface area contributed by atoms with Crippen LogP contribution in [0.25, 0.3) is 0 Å². The van der Waals surface area contributed by atoms with Gasteiger partial charge in [-0.25, -0.2) is 4.39 Å². The van der Waals surface area contributed by atoms with Gasteiger partial charge in [0.1, 0.15) is 6.17 Å². The standard InChI is InChI=1S/C27H30FNO3/c28-26-16-24(22-11-4-3-5-12-22)25(23(26)13-6-1-2-7-14-27(30)31)19-32-18-21-10-8-9-20(15-21)17-29/h1,3-6,8-12,15,23-26H,2,7,13-14,16,18-19H2,(H,30,31)/b6-1-/t23-,24?,25-,26-/m0/s1. The van der Waals surface area contributed by atoms with E-state index in [4.69, 9.17) is 15.1 Å². The summed E-state index contributed by atoms with van der Waals surface area (Å²) in [6.45, 7) is 0.844. The van der Waals surface area contributed by atoms with Crippen LogP contribution in [0.5, 0.6) is 0 Å². The summed E-state index contributed by atoms with van der Waals surface area (Å²) in [6.07, 6.45) is 5.60. The normalized spacial score (nSPS) is 22.8. The smallest absolute Gasteiger partial charge is 0.303 e. The van der Waals surface area contributed by atoms with E-state index in [0.717, 1.165) is 11.1 Å². The van der Waals surface area contributed by atoms with Crippen molar-refractivity contribution in [3.63, 3.8) is 0 Å². The number of benzene rings is 2. The molecular weight excluding hydrogens is 405 g/mol. The molecule has 1 aliphatic carbocycles. The quantitative estimate of drug-likeness (QED) is 0.345. The van der Waals surface area contributed by atoms with Gasteiger partial charge in [0.05, 0.1) is 24.8 Å². The van der Waals surface area contributed by atoms with Gasteiger partial charge in [0.15, 0.2) is 0 Å². The molecule has 32 heavy (non-hydrogen) atoms. The van der Waals surface area contributed by atoms with E-state index in [0.29, 0.717) is 44.5 Å². The van der Waals surface area contributed by atoms with Crippen molar-refractivity contribution in [2.75, 3.05) is 6.61 Å². The number of carbonyl (C=O) groups is 1. The maximum Gasteiger partial charge on any atom is 0.303 e. The number of unbranched alkanes of at least 4 members (excludes halogenated alkanes) is 1. The number of allylic oxidation sites excluding steroid dienone is 2. The number of ether oxygens (including phenoxy) is 1. The Morgan fingerprint density at radius 3 is 2.72 bits per heavy atom. The Balaban J connectivity index is 1.64. The van der Waals surface area contributed by atoms with E-state index in [-0.39, 0.29) is 24.2 Å². The highest BCUT2D eigenvalue weighted by atomic mass is 19.1. The minimum atomic E-state index is -0.903. The third kappa shape index (κ3) is 6.77. The first-order valence-corrected chi connectivity index (χ1v) is 11.2. The molecule has 4 atom stereocenters. The molecule has 5 heteroatoms. The van der Waals surface area contributed by atoms with E-state index in [1.165, 1.54) is 0 Å². The topological polar surface area (TPSA) is 70.3 Å². The molecule has 1 saturated carbocycles. The minimum absolute atomic E-state index is 0.0511. The van der Waals surface area contributed by atoms with Crippen LogP contribution in [0.2, 0.25) is 0 Å². The molecule has 3 rings (SSSR count). The van der Waals surface area contributed by atoms with Crippen LogP contribution in [0.15, 0.2) is 66.7 Å². The maximum absolute atomic E-state index is 15.1. The van der Waals surface area contributed by atoms with Gasteiger partial charge in [-0.3, -0.25) is 4.79 Å². The average molecular weight is 436 g/mol. The lowest BCUT2D eigenvalue weighted by molar-refractivity contribution is -0.137. The summed E-state index contributed by atoms with van der Waals surface area (Å²) in [5, 5.41) is 17.8. The number of alkyl halides is 1. The van der Waals surface area contributed by atoms with Crippen LogP contribution in [-0.2, 0) is 16.1 Å². The number of carboxylic acid groups (broad SMARTS) is 1. The van der Waals surface area contributed by atoms with Crippen molar-refractivity contribution in [3.8, 4) is 6.07 Å². The fraction of sp³-hybridized carbons (Fsp3) is 0.407. The van der Waals surface area contributed by atoms with Gasteiger partial charge in [-0.2, -0.15) is 5.26 Å². The van der Waals surface area contributed by atoms with Crippen LogP contribution in [-0.4, -0.2) is 23.9 Å². The number of halogens is 1. The van der Waals surface area contributed by atoms with E-state index in [9.17, 15) is 4.79 Å². The molecule has 2 aromatic rings. The molecule has 1 fully saturated rings. The van der Waals surface area contributed by atoms with E-state index in [1.807, 2.05) is 48.6 Å². The molecule has 1 N–H and O–H groups in total. The molecule has 0 saturated heterocycles. The van der Waals surface area contributed by atoms with Crippen LogP contribution >= 0.6 is 0 Å². The molecule has 0 aromatic heterocycles. The molecule has 0 spiro atoms. The number of carboxylic acids is 1. The van der Waals surface area contributed by atoms with Crippen LogP contribution in [0.1, 0.15) is 54.7 Å². The van der Waals surface area contributed by atoms with E-state index in [2.05, 4.69) is 18.2 Å². The highest BCUT2D eigenvalue weighted by Crippen LogP contribution is 2.47. The van der Waals surface area contributed by atoms with E-state index in [1.54, 1.807) is 6.07 Å². The zero-order valence-electron chi connectivity index (χ0n) is 18.2. The molecule has 4 nitrogen and oxygen atoms in total. The molecule has 0 heterocycles. The van der Waals surface area contributed by atoms with Crippen molar-refractivity contribution in [1.82, 2.24) is 0 Å². The number of nitrogens with zero attached hydrogens (tertiary/aromatic N) is 1. The third-order valence-electron chi connectivity index (χ3n) is 6.21. The van der Waals surface area contributed by atoms with Gasteiger partial charge in [-0.05, 0) is 66.7 Å². The molecule has 2 aromatic carbocycles. The van der Waals surface area contributed by atoms with Crippen molar-refractivity contribution in [1.29, 1.82) is 5.26 Å². The molecular formula is C27H30FNO3. The van der Waals surface area contributed by atoms with Crippen molar-refractivity contribution in [3.05, 3.63) is 83.4 Å². The summed E-state index contributed by atoms with van der Waals surface area (Å²) in [5.41, 5.74) is 2.68. The van der Waals surface area contributed by atoms with Gasteiger partial charge in [0.2, 0.25) is 0 Å². The van der Waals surface area contributed by atoms with Crippen molar-refractivity contribution in [2.45, 2.75) is 50.8 Å². The summed E-state index contributed by atoms with van der Waals surface area (Å²) in [4.78, 5) is 10.6. The maximum atomic E-state index is 15.1. The van der Waals surface area contributed by atoms with Gasteiger partial charge < -0.3 is 9.84 Å². The Morgan fingerprint density at radius 1 is 1.16 bits per heavy atom. The summed E-state index contributed by atoms with van der Waals surface area (Å²) in [6, 6.07) is 19.6. The zero-order valence-corrected chi connectivity index (χ0v) is 18.2. The number of hydrogen-bond acceptors (Lipinski definition) is 3. The van der Waals surface area contributed by atoms with Gasteiger partial charge in [-0.1, -0.05) is 54.6 Å². The zero-order chi connectivity index (χ0) is 22.8. The van der Waals surface area contributed by atoms with E-state index >= 15 is 4.39 Å². The average Bonchev–Trinajstić information content (AvgIpc) is 3.12. The van der Waals surface area contributed by atoms with Gasteiger partial charge in [0.25, 0.3) is 0 Å². The summed E-state index contributed by atoms with van der Waals surface area (Å²) < 4.78 is 21.1. The molecule has 0 amide bonds. The monoisotopic (exact) mass is 435 g/mol. The third-order valence-corrected chi connectivity index (χ3v) is 6.21. The molecule has 0 bridgehead atoms. The second kappa shape index (κ2) is 12.2. The highest BCUT2D eigenvalue weighted by Gasteiger charge is 2.43. The molecule has 1 unspecified atom stereocenters. The lowest BCUT2D eigenvalue weighted by Gasteiger charge is -2.25. The summed E-state index contributed by atoms with van der Waals surface area (Å²) in [5.74, 6) is -0.778. The molecule has 0 aliphatic heterocycles. The summed E-state index contributed by atoms with van der Waals surface area (Å²) in [7, 11) is 0. The Hall–Kier alpha value is -2.97. The Kier molecular flexibility index (Phi) is 9.01. The summed E-state index contributed by atoms with van der Waals surface area (Å²) >= 11 is 0. The first kappa shape index (κ1) is 23.7. The predicted octanol–water partition coefficient (Wildman–Crippen LogP) is 6.03. The Morgan fingerprint density at radius 2 is 1.97 bits per heavy atom. The van der Waals surface area contributed by atoms with Crippen LogP contribution in [0, 0.1) is 23.2 Å². The van der Waals surface area contributed by atoms with Crippen LogP contribution < -0.4 is 0 Å². The van der Waals surface area contributed by atoms with Crippen molar-refractivity contribution in [2.24, 2.45) is 11.8 Å². The predicted molar refractivity (Wildman–Crippen MR) is 122 cm³/mol. The van der Waals surface area contributed by atoms with Crippen LogP contribution in [0.3, 0.4) is 0 Å². The van der Waals surface area contributed by atoms with Crippen LogP contribution in [0.4, 0.5) is 4.39 Å². The van der Waals surface area contributed by atoms with Gasteiger partial charge >= 0.3 is 5.97 Å². The number of hydrogen-bond donors (Lipinski definition) is 1. The van der Waals surface area contributed by atoms with Crippen molar-refractivity contribution < 1.29 is 19.0 Å². The minimum Gasteiger partial charge on any atom is -0.481 e. The second-order valence-corrected chi connectivity index (χ2v) is 8.42. The highest BCUT2D eigenvalue weighted by molar-refractivity contribution is 5.66. The van der Waals surface area contributed by atoms with E-state index < -0.39 is 12.1 Å². The van der Waals surface area contributed by atoms with Gasteiger partial charge in [0, 0.05) is 6.42 Å². The lowest BCUT2D eigenvalue weighted by atomic mass is 9.84. The largest absolute Gasteiger partial charge is 0.481 e. The number of rotatable bonds is 11. The van der Waals surface area contributed by atoms with Gasteiger partial charge in [-0.15, -0.1) is 0 Å². The first-order chi connectivity index (χ1) is 15.6. The first-order valence-electron chi connectivity index (χ1n) is 11.2. The van der Waals surface area contributed by atoms with Crippen molar-refractivity contribution >= 4 is 5.97 Å². The lowest BCUT2D eigenvalue weighted by Crippen LogP contribution is -2.22.